The highest BCUT2D eigenvalue weighted by Gasteiger charge is 2.13. The van der Waals surface area contributed by atoms with E-state index in [-0.39, 0.29) is 0 Å². The number of anilines is 1. The van der Waals surface area contributed by atoms with Crippen molar-refractivity contribution in [2.24, 2.45) is 0 Å². The molecule has 1 saturated heterocycles. The highest BCUT2D eigenvalue weighted by atomic mass is 79.9. The maximum Gasteiger partial charge on any atom is 0.140 e. The van der Waals surface area contributed by atoms with Crippen LogP contribution in [0.25, 0.3) is 0 Å². The fourth-order valence-corrected chi connectivity index (χ4v) is 3.33. The third-order valence-electron chi connectivity index (χ3n) is 2.53. The Morgan fingerprint density at radius 2 is 2.47 bits per heavy atom. The van der Waals surface area contributed by atoms with Crippen LogP contribution in [0.5, 0.6) is 0 Å². The molecule has 2 heterocycles. The molecular formula is C11H15BrN2S. The van der Waals surface area contributed by atoms with Crippen molar-refractivity contribution in [2.45, 2.75) is 24.5 Å². The van der Waals surface area contributed by atoms with Crippen molar-refractivity contribution < 1.29 is 0 Å². The minimum absolute atomic E-state index is 0.757. The van der Waals surface area contributed by atoms with Gasteiger partial charge in [-0.2, -0.15) is 11.8 Å². The van der Waals surface area contributed by atoms with Crippen LogP contribution in [-0.4, -0.2) is 22.5 Å². The van der Waals surface area contributed by atoms with Crippen molar-refractivity contribution in [1.82, 2.24) is 4.98 Å². The Balaban J connectivity index is 1.84. The average Bonchev–Trinajstić information content (AvgIpc) is 2.29. The van der Waals surface area contributed by atoms with E-state index in [9.17, 15) is 0 Å². The molecule has 4 heteroatoms. The van der Waals surface area contributed by atoms with Gasteiger partial charge >= 0.3 is 0 Å². The Hall–Kier alpha value is -0.220. The molecule has 1 aromatic rings. The summed E-state index contributed by atoms with van der Waals surface area (Å²) in [5, 5.41) is 4.16. The van der Waals surface area contributed by atoms with E-state index in [2.05, 4.69) is 38.0 Å². The van der Waals surface area contributed by atoms with Crippen molar-refractivity contribution in [2.75, 3.05) is 17.6 Å². The van der Waals surface area contributed by atoms with E-state index in [0.29, 0.717) is 0 Å². The molecule has 1 atom stereocenters. The van der Waals surface area contributed by atoms with Crippen molar-refractivity contribution in [3.63, 3.8) is 0 Å². The van der Waals surface area contributed by atoms with Gasteiger partial charge in [0.1, 0.15) is 5.82 Å². The Morgan fingerprint density at radius 1 is 1.53 bits per heavy atom. The van der Waals surface area contributed by atoms with Gasteiger partial charge < -0.3 is 5.32 Å². The zero-order chi connectivity index (χ0) is 10.5. The molecule has 0 aliphatic carbocycles. The summed E-state index contributed by atoms with van der Waals surface area (Å²) in [6.07, 6.45) is 5.92. The van der Waals surface area contributed by atoms with Gasteiger partial charge in [-0.05, 0) is 46.7 Å². The predicted octanol–water partition coefficient (Wildman–Crippen LogP) is 3.54. The minimum Gasteiger partial charge on any atom is -0.368 e. The molecule has 1 fully saturated rings. The topological polar surface area (TPSA) is 24.9 Å². The summed E-state index contributed by atoms with van der Waals surface area (Å²) in [6, 6.07) is 3.95. The lowest BCUT2D eigenvalue weighted by Gasteiger charge is -2.21. The molecule has 0 aromatic carbocycles. The highest BCUT2D eigenvalue weighted by Crippen LogP contribution is 2.26. The van der Waals surface area contributed by atoms with Gasteiger partial charge in [0.2, 0.25) is 0 Å². The van der Waals surface area contributed by atoms with Crippen molar-refractivity contribution in [3.05, 3.63) is 22.8 Å². The number of halogens is 1. The van der Waals surface area contributed by atoms with Gasteiger partial charge in [0.05, 0.1) is 4.47 Å². The zero-order valence-electron chi connectivity index (χ0n) is 8.58. The van der Waals surface area contributed by atoms with E-state index in [1.165, 1.54) is 25.0 Å². The van der Waals surface area contributed by atoms with E-state index >= 15 is 0 Å². The molecular weight excluding hydrogens is 272 g/mol. The van der Waals surface area contributed by atoms with Gasteiger partial charge in [-0.25, -0.2) is 4.98 Å². The number of rotatable bonds is 3. The first kappa shape index (κ1) is 11.3. The molecule has 0 radical (unpaired) electrons. The van der Waals surface area contributed by atoms with Crippen LogP contribution < -0.4 is 5.32 Å². The van der Waals surface area contributed by atoms with Crippen LogP contribution in [0.1, 0.15) is 19.3 Å². The quantitative estimate of drug-likeness (QED) is 0.920. The summed E-state index contributed by atoms with van der Waals surface area (Å²) in [7, 11) is 0. The first-order chi connectivity index (χ1) is 7.36. The second-order valence-electron chi connectivity index (χ2n) is 3.70. The monoisotopic (exact) mass is 286 g/mol. The second kappa shape index (κ2) is 5.75. The van der Waals surface area contributed by atoms with E-state index in [4.69, 9.17) is 0 Å². The van der Waals surface area contributed by atoms with Crippen LogP contribution in [0, 0.1) is 0 Å². The lowest BCUT2D eigenvalue weighted by atomic mass is 10.2. The SMILES string of the molecule is Brc1cccnc1NCC1CCCCS1. The van der Waals surface area contributed by atoms with E-state index in [1.807, 2.05) is 18.3 Å². The standard InChI is InChI=1S/C11H15BrN2S/c12-10-5-3-6-13-11(10)14-8-9-4-1-2-7-15-9/h3,5-6,9H,1-2,4,7-8H2,(H,13,14). The zero-order valence-corrected chi connectivity index (χ0v) is 11.0. The number of pyridine rings is 1. The molecule has 15 heavy (non-hydrogen) atoms. The predicted molar refractivity (Wildman–Crippen MR) is 70.5 cm³/mol. The summed E-state index contributed by atoms with van der Waals surface area (Å²) in [5.74, 6) is 2.28. The molecule has 1 unspecified atom stereocenters. The average molecular weight is 287 g/mol. The molecule has 0 amide bonds. The maximum atomic E-state index is 4.30. The third kappa shape index (κ3) is 3.38. The van der Waals surface area contributed by atoms with E-state index in [1.54, 1.807) is 0 Å². The van der Waals surface area contributed by atoms with Crippen LogP contribution in [0.3, 0.4) is 0 Å². The number of thioether (sulfide) groups is 1. The van der Waals surface area contributed by atoms with Gasteiger partial charge in [0, 0.05) is 18.0 Å². The molecule has 1 aromatic heterocycles. The first-order valence-corrected chi connectivity index (χ1v) is 7.16. The van der Waals surface area contributed by atoms with Gasteiger partial charge in [-0.15, -0.1) is 0 Å². The number of nitrogens with one attached hydrogen (secondary N) is 1. The van der Waals surface area contributed by atoms with E-state index in [0.717, 1.165) is 22.1 Å². The van der Waals surface area contributed by atoms with Crippen molar-refractivity contribution in [3.8, 4) is 0 Å². The number of nitrogens with zero attached hydrogens (tertiary/aromatic N) is 1. The number of aromatic nitrogens is 1. The minimum atomic E-state index is 0.757. The van der Waals surface area contributed by atoms with Gasteiger partial charge in [0.25, 0.3) is 0 Å². The molecule has 1 N–H and O–H groups in total. The molecule has 1 aliphatic rings. The maximum absolute atomic E-state index is 4.30. The fourth-order valence-electron chi connectivity index (χ4n) is 1.69. The van der Waals surface area contributed by atoms with Crippen LogP contribution in [0.4, 0.5) is 5.82 Å². The summed E-state index contributed by atoms with van der Waals surface area (Å²) in [5.41, 5.74) is 0. The molecule has 0 bridgehead atoms. The van der Waals surface area contributed by atoms with Crippen molar-refractivity contribution in [1.29, 1.82) is 0 Å². The van der Waals surface area contributed by atoms with E-state index < -0.39 is 0 Å². The van der Waals surface area contributed by atoms with Crippen LogP contribution in [-0.2, 0) is 0 Å². The van der Waals surface area contributed by atoms with Crippen LogP contribution >= 0.6 is 27.7 Å². The van der Waals surface area contributed by atoms with Crippen molar-refractivity contribution >= 4 is 33.5 Å². The molecule has 0 saturated carbocycles. The highest BCUT2D eigenvalue weighted by molar-refractivity contribution is 9.10. The van der Waals surface area contributed by atoms with Gasteiger partial charge in [-0.3, -0.25) is 0 Å². The Bertz CT molecular complexity index is 313. The smallest absolute Gasteiger partial charge is 0.140 e. The lowest BCUT2D eigenvalue weighted by molar-refractivity contribution is 0.677. The lowest BCUT2D eigenvalue weighted by Crippen LogP contribution is -2.20. The normalized spacial score (nSPS) is 21.3. The Kier molecular flexibility index (Phi) is 4.32. The van der Waals surface area contributed by atoms with Gasteiger partial charge in [0.15, 0.2) is 0 Å². The molecule has 0 spiro atoms. The van der Waals surface area contributed by atoms with Crippen LogP contribution in [0.15, 0.2) is 22.8 Å². The third-order valence-corrected chi connectivity index (χ3v) is 4.57. The first-order valence-electron chi connectivity index (χ1n) is 5.32. The fraction of sp³-hybridized carbons (Fsp3) is 0.545. The summed E-state index contributed by atoms with van der Waals surface area (Å²) >= 11 is 5.57. The second-order valence-corrected chi connectivity index (χ2v) is 5.97. The van der Waals surface area contributed by atoms with Crippen LogP contribution in [0.2, 0.25) is 0 Å². The Labute approximate surface area is 103 Å². The molecule has 2 nitrogen and oxygen atoms in total. The van der Waals surface area contributed by atoms with Gasteiger partial charge in [-0.1, -0.05) is 6.42 Å². The Morgan fingerprint density at radius 3 is 3.20 bits per heavy atom. The number of hydrogen-bond acceptors (Lipinski definition) is 3. The molecule has 2 rings (SSSR count). The number of hydrogen-bond donors (Lipinski definition) is 1. The largest absolute Gasteiger partial charge is 0.368 e. The summed E-state index contributed by atoms with van der Waals surface area (Å²) < 4.78 is 1.05. The molecule has 1 aliphatic heterocycles. The summed E-state index contributed by atoms with van der Waals surface area (Å²) in [4.78, 5) is 4.30. The summed E-state index contributed by atoms with van der Waals surface area (Å²) in [6.45, 7) is 1.03. The molecule has 82 valence electrons.